The predicted octanol–water partition coefficient (Wildman–Crippen LogP) is 2.68. The number of hydrogen-bond donors (Lipinski definition) is 2. The number of hydrogen-bond acceptors (Lipinski definition) is 3. The maximum absolute atomic E-state index is 12.0. The van der Waals surface area contributed by atoms with Gasteiger partial charge in [0.2, 0.25) is 5.91 Å². The zero-order chi connectivity index (χ0) is 18.5. The second kappa shape index (κ2) is 15.5. The third-order valence-electron chi connectivity index (χ3n) is 4.97. The standard InChI is InChI=1S/C19H39N5O.HI/c1-5-17(3)23(4)16-13-22-19(20-6-2)21-12-10-15-24-14-9-7-8-11-18(24)25;/h17H,5-16H2,1-4H3,(H2,20,21,22);1H. The van der Waals surface area contributed by atoms with Crippen LogP contribution < -0.4 is 10.6 Å². The van der Waals surface area contributed by atoms with Crippen molar-refractivity contribution in [3.63, 3.8) is 0 Å². The summed E-state index contributed by atoms with van der Waals surface area (Å²) in [7, 11) is 2.16. The normalized spacial score (nSPS) is 16.9. The van der Waals surface area contributed by atoms with E-state index in [0.29, 0.717) is 11.9 Å². The Kier molecular flexibility index (Phi) is 15.1. The molecule has 0 bridgehead atoms. The van der Waals surface area contributed by atoms with E-state index in [1.54, 1.807) is 0 Å². The van der Waals surface area contributed by atoms with Crippen LogP contribution >= 0.6 is 24.0 Å². The van der Waals surface area contributed by atoms with E-state index in [4.69, 9.17) is 0 Å². The first-order valence-corrected chi connectivity index (χ1v) is 10.1. The molecule has 1 saturated heterocycles. The number of nitrogens with one attached hydrogen (secondary N) is 2. The van der Waals surface area contributed by atoms with Crippen molar-refractivity contribution in [3.05, 3.63) is 0 Å². The second-order valence-corrected chi connectivity index (χ2v) is 6.97. The third-order valence-corrected chi connectivity index (χ3v) is 4.97. The molecule has 0 aromatic heterocycles. The van der Waals surface area contributed by atoms with Gasteiger partial charge in [0, 0.05) is 51.7 Å². The Hall–Kier alpha value is -0.570. The molecule has 0 radical (unpaired) electrons. The first kappa shape index (κ1) is 25.4. The van der Waals surface area contributed by atoms with Crippen LogP contribution in [0.3, 0.4) is 0 Å². The molecule has 0 spiro atoms. The fourth-order valence-electron chi connectivity index (χ4n) is 2.95. The van der Waals surface area contributed by atoms with E-state index >= 15 is 0 Å². The first-order chi connectivity index (χ1) is 12.1. The molecule has 1 amide bonds. The van der Waals surface area contributed by atoms with Crippen LogP contribution in [0.15, 0.2) is 4.99 Å². The van der Waals surface area contributed by atoms with E-state index < -0.39 is 0 Å². The number of rotatable bonds is 10. The van der Waals surface area contributed by atoms with Crippen LogP contribution in [0, 0.1) is 0 Å². The number of likely N-dealkylation sites (tertiary alicyclic amines) is 1. The Morgan fingerprint density at radius 1 is 1.27 bits per heavy atom. The second-order valence-electron chi connectivity index (χ2n) is 6.97. The molecule has 154 valence electrons. The van der Waals surface area contributed by atoms with Gasteiger partial charge in [-0.2, -0.15) is 0 Å². The number of aliphatic imine (C=N–C) groups is 1. The minimum Gasteiger partial charge on any atom is -0.357 e. The lowest BCUT2D eigenvalue weighted by molar-refractivity contribution is -0.130. The summed E-state index contributed by atoms with van der Waals surface area (Å²) in [5, 5.41) is 6.70. The summed E-state index contributed by atoms with van der Waals surface area (Å²) >= 11 is 0. The quantitative estimate of drug-likeness (QED) is 0.218. The van der Waals surface area contributed by atoms with Gasteiger partial charge >= 0.3 is 0 Å². The molecule has 7 heteroatoms. The third kappa shape index (κ3) is 10.5. The van der Waals surface area contributed by atoms with E-state index in [9.17, 15) is 4.79 Å². The molecule has 0 aromatic carbocycles. The first-order valence-electron chi connectivity index (χ1n) is 10.1. The van der Waals surface area contributed by atoms with Crippen LogP contribution in [-0.2, 0) is 4.79 Å². The molecule has 1 atom stereocenters. The Bertz CT molecular complexity index is 405. The van der Waals surface area contributed by atoms with E-state index in [1.165, 1.54) is 12.8 Å². The molecular formula is C19H40IN5O. The highest BCUT2D eigenvalue weighted by molar-refractivity contribution is 14.0. The lowest BCUT2D eigenvalue weighted by atomic mass is 10.2. The lowest BCUT2D eigenvalue weighted by Crippen LogP contribution is -2.42. The highest BCUT2D eigenvalue weighted by Crippen LogP contribution is 2.11. The van der Waals surface area contributed by atoms with Crippen LogP contribution in [0.25, 0.3) is 0 Å². The summed E-state index contributed by atoms with van der Waals surface area (Å²) in [6.45, 7) is 11.8. The van der Waals surface area contributed by atoms with Crippen LogP contribution in [-0.4, -0.2) is 74.0 Å². The van der Waals surface area contributed by atoms with Crippen molar-refractivity contribution in [2.24, 2.45) is 4.99 Å². The van der Waals surface area contributed by atoms with Crippen molar-refractivity contribution < 1.29 is 4.79 Å². The summed E-state index contributed by atoms with van der Waals surface area (Å²) in [4.78, 5) is 21.0. The molecule has 0 aromatic rings. The monoisotopic (exact) mass is 481 g/mol. The van der Waals surface area contributed by atoms with Gasteiger partial charge in [0.25, 0.3) is 0 Å². The van der Waals surface area contributed by atoms with Crippen molar-refractivity contribution in [3.8, 4) is 0 Å². The minimum atomic E-state index is 0. The van der Waals surface area contributed by atoms with Gasteiger partial charge in [0.05, 0.1) is 0 Å². The molecule has 1 heterocycles. The van der Waals surface area contributed by atoms with Gasteiger partial charge < -0.3 is 20.4 Å². The highest BCUT2D eigenvalue weighted by Gasteiger charge is 2.15. The van der Waals surface area contributed by atoms with Crippen LogP contribution in [0.2, 0.25) is 0 Å². The summed E-state index contributed by atoms with van der Waals surface area (Å²) in [6, 6.07) is 0.604. The molecule has 2 N–H and O–H groups in total. The van der Waals surface area contributed by atoms with Crippen LogP contribution in [0.5, 0.6) is 0 Å². The van der Waals surface area contributed by atoms with Crippen molar-refractivity contribution in [1.82, 2.24) is 20.4 Å². The lowest BCUT2D eigenvalue weighted by Gasteiger charge is -2.24. The van der Waals surface area contributed by atoms with Gasteiger partial charge in [-0.25, -0.2) is 0 Å². The predicted molar refractivity (Wildman–Crippen MR) is 121 cm³/mol. The number of carbonyl (C=O) groups excluding carboxylic acids is 1. The number of guanidine groups is 1. The number of carbonyl (C=O) groups is 1. The average molecular weight is 481 g/mol. The molecule has 1 aliphatic heterocycles. The largest absolute Gasteiger partial charge is 0.357 e. The van der Waals surface area contributed by atoms with Crippen molar-refractivity contribution in [2.45, 2.75) is 65.3 Å². The van der Waals surface area contributed by atoms with Gasteiger partial charge in [-0.1, -0.05) is 13.3 Å². The fraction of sp³-hybridized carbons (Fsp3) is 0.895. The number of likely N-dealkylation sites (N-methyl/N-ethyl adjacent to an activating group) is 1. The minimum absolute atomic E-state index is 0. The molecule has 1 fully saturated rings. The molecule has 1 aliphatic rings. The maximum atomic E-state index is 12.0. The van der Waals surface area contributed by atoms with E-state index in [2.05, 4.69) is 48.3 Å². The number of nitrogens with zero attached hydrogens (tertiary/aromatic N) is 3. The van der Waals surface area contributed by atoms with E-state index in [0.717, 1.165) is 70.9 Å². The van der Waals surface area contributed by atoms with Crippen molar-refractivity contribution >= 4 is 35.8 Å². The maximum Gasteiger partial charge on any atom is 0.222 e. The van der Waals surface area contributed by atoms with Crippen LogP contribution in [0.1, 0.15) is 59.3 Å². The summed E-state index contributed by atoms with van der Waals surface area (Å²) in [6.07, 6.45) is 6.18. The summed E-state index contributed by atoms with van der Waals surface area (Å²) < 4.78 is 0. The molecule has 26 heavy (non-hydrogen) atoms. The Morgan fingerprint density at radius 2 is 2.04 bits per heavy atom. The summed E-state index contributed by atoms with van der Waals surface area (Å²) in [5.41, 5.74) is 0. The average Bonchev–Trinajstić information content (AvgIpc) is 2.82. The van der Waals surface area contributed by atoms with Crippen LogP contribution in [0.4, 0.5) is 0 Å². The van der Waals surface area contributed by atoms with E-state index in [1.807, 2.05) is 4.90 Å². The number of amides is 1. The molecule has 1 rings (SSSR count). The molecule has 6 nitrogen and oxygen atoms in total. The molecule has 1 unspecified atom stereocenters. The van der Waals surface area contributed by atoms with Gasteiger partial charge in [0.15, 0.2) is 5.96 Å². The smallest absolute Gasteiger partial charge is 0.222 e. The van der Waals surface area contributed by atoms with Gasteiger partial charge in [-0.15, -0.1) is 24.0 Å². The summed E-state index contributed by atoms with van der Waals surface area (Å²) in [5.74, 6) is 1.20. The van der Waals surface area contributed by atoms with Crippen molar-refractivity contribution in [2.75, 3.05) is 46.3 Å². The molecular weight excluding hydrogens is 441 g/mol. The number of halogens is 1. The van der Waals surface area contributed by atoms with Crippen molar-refractivity contribution in [1.29, 1.82) is 0 Å². The topological polar surface area (TPSA) is 60.0 Å². The SMILES string of the molecule is CCNC(=NCCCN1CCCCCC1=O)NCCN(C)C(C)CC.I. The van der Waals surface area contributed by atoms with Gasteiger partial charge in [-0.05, 0) is 46.6 Å². The van der Waals surface area contributed by atoms with Gasteiger partial charge in [0.1, 0.15) is 0 Å². The Morgan fingerprint density at radius 3 is 2.73 bits per heavy atom. The highest BCUT2D eigenvalue weighted by atomic mass is 127. The zero-order valence-corrected chi connectivity index (χ0v) is 19.6. The van der Waals surface area contributed by atoms with Gasteiger partial charge in [-0.3, -0.25) is 9.79 Å². The zero-order valence-electron chi connectivity index (χ0n) is 17.2. The van der Waals surface area contributed by atoms with E-state index in [-0.39, 0.29) is 24.0 Å². The molecule has 0 saturated carbocycles. The molecule has 0 aliphatic carbocycles. The fourth-order valence-corrected chi connectivity index (χ4v) is 2.95. The Labute approximate surface area is 177 Å². The Balaban J connectivity index is 0.00000625.